The van der Waals surface area contributed by atoms with E-state index in [-0.39, 0.29) is 25.0 Å². The fourth-order valence-electron chi connectivity index (χ4n) is 3.20. The second-order valence-electron chi connectivity index (χ2n) is 8.92. The number of hydrogen-bond acceptors (Lipinski definition) is 4. The molecule has 0 spiro atoms. The average Bonchev–Trinajstić information content (AvgIpc) is 2.79. The standard InChI is InChI=1S/C22H37N3O4/c1-10-29-20(27)19-15(4)18(16(5)24(19)9)17(26)13-25(12-11-14(2)3)21(28)23-22(6,7)8/h14H,10-13H2,1-9H3,(H,23,28). The van der Waals surface area contributed by atoms with Gasteiger partial charge in [0.15, 0.2) is 5.78 Å². The number of ether oxygens (including phenoxy) is 1. The highest BCUT2D eigenvalue weighted by atomic mass is 16.5. The zero-order valence-electron chi connectivity index (χ0n) is 19.4. The van der Waals surface area contributed by atoms with Crippen LogP contribution < -0.4 is 5.32 Å². The lowest BCUT2D eigenvalue weighted by Crippen LogP contribution is -2.50. The van der Waals surface area contributed by atoms with Gasteiger partial charge < -0.3 is 19.5 Å². The Morgan fingerprint density at radius 1 is 1.17 bits per heavy atom. The number of nitrogens with zero attached hydrogens (tertiary/aromatic N) is 2. The molecular formula is C22H37N3O4. The van der Waals surface area contributed by atoms with Crippen molar-refractivity contribution in [1.82, 2.24) is 14.8 Å². The van der Waals surface area contributed by atoms with Crippen LogP contribution in [0.25, 0.3) is 0 Å². The number of amides is 2. The first-order chi connectivity index (χ1) is 13.3. The van der Waals surface area contributed by atoms with Gasteiger partial charge in [0.2, 0.25) is 0 Å². The van der Waals surface area contributed by atoms with E-state index in [1.807, 2.05) is 20.8 Å². The molecule has 0 aliphatic rings. The van der Waals surface area contributed by atoms with Gasteiger partial charge in [0.25, 0.3) is 0 Å². The Bertz CT molecular complexity index is 757. The molecule has 1 aromatic rings. The fourth-order valence-corrected chi connectivity index (χ4v) is 3.20. The normalized spacial score (nSPS) is 11.5. The summed E-state index contributed by atoms with van der Waals surface area (Å²) in [6.07, 6.45) is 0.797. The first-order valence-corrected chi connectivity index (χ1v) is 10.2. The molecule has 2 amide bonds. The highest BCUT2D eigenvalue weighted by molar-refractivity contribution is 6.04. The maximum Gasteiger partial charge on any atom is 0.355 e. The lowest BCUT2D eigenvalue weighted by Gasteiger charge is -2.28. The SMILES string of the molecule is CCOC(=O)c1c(C)c(C(=O)CN(CCC(C)C)C(=O)NC(C)(C)C)c(C)n1C. The number of hydrogen-bond donors (Lipinski definition) is 1. The van der Waals surface area contributed by atoms with Crippen LogP contribution in [0.3, 0.4) is 0 Å². The van der Waals surface area contributed by atoms with Crippen molar-refractivity contribution >= 4 is 17.8 Å². The van der Waals surface area contributed by atoms with Crippen LogP contribution in [0.1, 0.15) is 80.1 Å². The van der Waals surface area contributed by atoms with Gasteiger partial charge in [0.1, 0.15) is 5.69 Å². The molecule has 29 heavy (non-hydrogen) atoms. The van der Waals surface area contributed by atoms with Gasteiger partial charge in [-0.1, -0.05) is 13.8 Å². The quantitative estimate of drug-likeness (QED) is 0.524. The van der Waals surface area contributed by atoms with E-state index in [1.54, 1.807) is 37.3 Å². The zero-order chi connectivity index (χ0) is 22.5. The van der Waals surface area contributed by atoms with Crippen LogP contribution in [0.5, 0.6) is 0 Å². The van der Waals surface area contributed by atoms with E-state index in [9.17, 15) is 14.4 Å². The van der Waals surface area contributed by atoms with E-state index in [4.69, 9.17) is 4.74 Å². The van der Waals surface area contributed by atoms with Crippen molar-refractivity contribution in [1.29, 1.82) is 0 Å². The van der Waals surface area contributed by atoms with Crippen molar-refractivity contribution in [3.05, 3.63) is 22.5 Å². The van der Waals surface area contributed by atoms with Crippen LogP contribution in [0, 0.1) is 19.8 Å². The Kier molecular flexibility index (Phi) is 8.48. The van der Waals surface area contributed by atoms with E-state index in [0.29, 0.717) is 35.0 Å². The molecule has 0 aromatic carbocycles. The maximum atomic E-state index is 13.2. The molecule has 164 valence electrons. The number of nitrogens with one attached hydrogen (secondary N) is 1. The smallest absolute Gasteiger partial charge is 0.355 e. The molecule has 1 rings (SSSR count). The van der Waals surface area contributed by atoms with Gasteiger partial charge in [-0.15, -0.1) is 0 Å². The highest BCUT2D eigenvalue weighted by Gasteiger charge is 2.28. The first kappa shape index (κ1) is 24.7. The van der Waals surface area contributed by atoms with Crippen LogP contribution in [0.4, 0.5) is 4.79 Å². The van der Waals surface area contributed by atoms with Crippen LogP contribution in [-0.4, -0.2) is 52.5 Å². The van der Waals surface area contributed by atoms with Crippen LogP contribution in [-0.2, 0) is 11.8 Å². The Hall–Kier alpha value is -2.31. The zero-order valence-corrected chi connectivity index (χ0v) is 19.4. The van der Waals surface area contributed by atoms with Crippen molar-refractivity contribution in [2.45, 2.75) is 67.3 Å². The molecule has 0 unspecified atom stereocenters. The van der Waals surface area contributed by atoms with E-state index >= 15 is 0 Å². The summed E-state index contributed by atoms with van der Waals surface area (Å²) < 4.78 is 6.82. The molecule has 0 atom stereocenters. The minimum atomic E-state index is -0.447. The summed E-state index contributed by atoms with van der Waals surface area (Å²) in [5.74, 6) is -0.221. The second-order valence-corrected chi connectivity index (χ2v) is 8.92. The number of ketones is 1. The van der Waals surface area contributed by atoms with Crippen molar-refractivity contribution in [2.24, 2.45) is 13.0 Å². The van der Waals surface area contributed by atoms with Crippen molar-refractivity contribution in [3.63, 3.8) is 0 Å². The van der Waals surface area contributed by atoms with Crippen molar-refractivity contribution in [2.75, 3.05) is 19.7 Å². The minimum absolute atomic E-state index is 0.0391. The Morgan fingerprint density at radius 2 is 1.76 bits per heavy atom. The molecule has 0 aliphatic carbocycles. The molecule has 7 heteroatoms. The Morgan fingerprint density at radius 3 is 2.24 bits per heavy atom. The minimum Gasteiger partial charge on any atom is -0.461 e. The van der Waals surface area contributed by atoms with Gasteiger partial charge in [0.05, 0.1) is 13.2 Å². The number of Topliss-reactive ketones (excluding diaryl/α,β-unsaturated/α-hetero) is 1. The Labute approximate surface area is 174 Å². The van der Waals surface area contributed by atoms with Crippen molar-refractivity contribution in [3.8, 4) is 0 Å². The van der Waals surface area contributed by atoms with Gasteiger partial charge in [-0.25, -0.2) is 9.59 Å². The van der Waals surface area contributed by atoms with E-state index in [0.717, 1.165) is 6.42 Å². The van der Waals surface area contributed by atoms with Gasteiger partial charge in [-0.3, -0.25) is 4.79 Å². The van der Waals surface area contributed by atoms with E-state index < -0.39 is 11.5 Å². The number of urea groups is 1. The molecule has 0 saturated heterocycles. The first-order valence-electron chi connectivity index (χ1n) is 10.2. The summed E-state index contributed by atoms with van der Waals surface area (Å²) in [5.41, 5.74) is 1.74. The third kappa shape index (κ3) is 6.61. The topological polar surface area (TPSA) is 80.6 Å². The molecule has 0 saturated carbocycles. The molecule has 1 heterocycles. The molecule has 1 aromatic heterocycles. The molecule has 0 aliphatic heterocycles. The second kappa shape index (κ2) is 9.94. The summed E-state index contributed by atoms with van der Waals surface area (Å²) in [4.78, 5) is 39.8. The number of esters is 1. The Balaban J connectivity index is 3.18. The molecule has 1 N–H and O–H groups in total. The summed E-state index contributed by atoms with van der Waals surface area (Å²) in [7, 11) is 1.74. The van der Waals surface area contributed by atoms with Crippen LogP contribution in [0.2, 0.25) is 0 Å². The molecule has 0 fully saturated rings. The summed E-state index contributed by atoms with van der Waals surface area (Å²) in [5, 5.41) is 2.94. The van der Waals surface area contributed by atoms with Crippen molar-refractivity contribution < 1.29 is 19.1 Å². The average molecular weight is 408 g/mol. The third-order valence-corrected chi connectivity index (χ3v) is 4.76. The lowest BCUT2D eigenvalue weighted by atomic mass is 10.0. The van der Waals surface area contributed by atoms with Crippen LogP contribution in [0.15, 0.2) is 0 Å². The molecule has 0 radical (unpaired) electrons. The van der Waals surface area contributed by atoms with E-state index in [2.05, 4.69) is 19.2 Å². The predicted octanol–water partition coefficient (Wildman–Crippen LogP) is 3.86. The van der Waals surface area contributed by atoms with E-state index in [1.165, 1.54) is 0 Å². The predicted molar refractivity (Wildman–Crippen MR) is 114 cm³/mol. The van der Waals surface area contributed by atoms with Gasteiger partial charge >= 0.3 is 12.0 Å². The lowest BCUT2D eigenvalue weighted by molar-refractivity contribution is 0.0514. The maximum absolute atomic E-state index is 13.2. The third-order valence-electron chi connectivity index (χ3n) is 4.76. The van der Waals surface area contributed by atoms with Crippen LogP contribution >= 0.6 is 0 Å². The number of carbonyl (C=O) groups is 3. The number of aromatic nitrogens is 1. The number of carbonyl (C=O) groups excluding carboxylic acids is 3. The summed E-state index contributed by atoms with van der Waals surface area (Å²) in [6.45, 7) is 15.9. The summed E-state index contributed by atoms with van der Waals surface area (Å²) >= 11 is 0. The monoisotopic (exact) mass is 407 g/mol. The summed E-state index contributed by atoms with van der Waals surface area (Å²) in [6, 6.07) is -0.261. The molecule has 7 nitrogen and oxygen atoms in total. The van der Waals surface area contributed by atoms with Gasteiger partial charge in [-0.05, 0) is 59.4 Å². The largest absolute Gasteiger partial charge is 0.461 e. The molecule has 0 bridgehead atoms. The number of rotatable bonds is 8. The highest BCUT2D eigenvalue weighted by Crippen LogP contribution is 2.23. The van der Waals surface area contributed by atoms with Gasteiger partial charge in [-0.2, -0.15) is 0 Å². The fraction of sp³-hybridized carbons (Fsp3) is 0.682. The molecular weight excluding hydrogens is 370 g/mol. The van der Waals surface area contributed by atoms with Gasteiger partial charge in [0, 0.05) is 30.4 Å².